The van der Waals surface area contributed by atoms with E-state index in [0.717, 1.165) is 32.5 Å². The average molecular weight is 266 g/mol. The maximum absolute atomic E-state index is 6.15. The number of hydrogen-bond acceptors (Lipinski definition) is 3. The Hall–Kier alpha value is -0.380. The minimum atomic E-state index is 0.337. The lowest BCUT2D eigenvalue weighted by Gasteiger charge is -2.39. The molecule has 0 aliphatic carbocycles. The quantitative estimate of drug-likeness (QED) is 0.717. The lowest BCUT2D eigenvalue weighted by molar-refractivity contribution is -0.0643. The highest BCUT2D eigenvalue weighted by atomic mass is 16.5. The van der Waals surface area contributed by atoms with Gasteiger partial charge in [-0.2, -0.15) is 0 Å². The van der Waals surface area contributed by atoms with Gasteiger partial charge in [0, 0.05) is 18.6 Å². The number of nitrogens with zero attached hydrogens (tertiary/aromatic N) is 1. The zero-order chi connectivity index (χ0) is 13.7. The van der Waals surface area contributed by atoms with Crippen molar-refractivity contribution in [3.8, 4) is 0 Å². The van der Waals surface area contributed by atoms with Crippen LogP contribution in [0.3, 0.4) is 0 Å². The van der Waals surface area contributed by atoms with E-state index in [1.807, 2.05) is 0 Å². The summed E-state index contributed by atoms with van der Waals surface area (Å²) in [6.45, 7) is 12.9. The smallest absolute Gasteiger partial charge is 0.0858 e. The van der Waals surface area contributed by atoms with Crippen LogP contribution < -0.4 is 5.32 Å². The molecule has 3 unspecified atom stereocenters. The summed E-state index contributed by atoms with van der Waals surface area (Å²) in [6, 6.07) is 1.13. The summed E-state index contributed by atoms with van der Waals surface area (Å²) in [5.74, 6) is 0. The van der Waals surface area contributed by atoms with Crippen molar-refractivity contribution in [1.82, 2.24) is 10.2 Å². The summed E-state index contributed by atoms with van der Waals surface area (Å²) in [7, 11) is 0. The van der Waals surface area contributed by atoms with Crippen LogP contribution in [0.5, 0.6) is 0 Å². The molecule has 0 aromatic heterocycles. The zero-order valence-electron chi connectivity index (χ0n) is 12.7. The van der Waals surface area contributed by atoms with Crippen molar-refractivity contribution in [2.45, 2.75) is 64.1 Å². The van der Waals surface area contributed by atoms with Gasteiger partial charge in [0.2, 0.25) is 0 Å². The van der Waals surface area contributed by atoms with Crippen molar-refractivity contribution in [3.05, 3.63) is 12.2 Å². The molecule has 0 saturated carbocycles. The van der Waals surface area contributed by atoms with Crippen molar-refractivity contribution in [2.75, 3.05) is 26.2 Å². The molecular formula is C16H30N2O. The van der Waals surface area contributed by atoms with Gasteiger partial charge in [-0.1, -0.05) is 26.0 Å². The van der Waals surface area contributed by atoms with Crippen molar-refractivity contribution in [1.29, 1.82) is 0 Å². The number of fused-ring (bicyclic) bond motifs is 1. The highest BCUT2D eigenvalue weighted by molar-refractivity contribution is 5.00. The van der Waals surface area contributed by atoms with Crippen LogP contribution >= 0.6 is 0 Å². The van der Waals surface area contributed by atoms with Gasteiger partial charge in [0.25, 0.3) is 0 Å². The molecule has 2 saturated heterocycles. The Kier molecular flexibility index (Phi) is 5.86. The van der Waals surface area contributed by atoms with E-state index in [1.165, 1.54) is 31.4 Å². The normalized spacial score (nSPS) is 29.2. The lowest BCUT2D eigenvalue weighted by Crippen LogP contribution is -2.54. The second kappa shape index (κ2) is 7.41. The van der Waals surface area contributed by atoms with E-state index in [4.69, 9.17) is 4.74 Å². The van der Waals surface area contributed by atoms with Crippen LogP contribution in [0.1, 0.15) is 46.0 Å². The molecule has 3 nitrogen and oxygen atoms in total. The van der Waals surface area contributed by atoms with Gasteiger partial charge in [-0.25, -0.2) is 0 Å². The highest BCUT2D eigenvalue weighted by Gasteiger charge is 2.35. The van der Waals surface area contributed by atoms with E-state index in [1.54, 1.807) is 0 Å². The fraction of sp³-hybridized carbons (Fsp3) is 0.875. The van der Waals surface area contributed by atoms with Crippen LogP contribution in [0, 0.1) is 0 Å². The van der Waals surface area contributed by atoms with E-state index >= 15 is 0 Å². The Bertz CT molecular complexity index is 292. The maximum Gasteiger partial charge on any atom is 0.0858 e. The molecule has 2 rings (SSSR count). The summed E-state index contributed by atoms with van der Waals surface area (Å²) in [5.41, 5.74) is 1.33. The zero-order valence-corrected chi connectivity index (χ0v) is 12.7. The molecule has 3 heteroatoms. The highest BCUT2D eigenvalue weighted by Crippen LogP contribution is 2.25. The first-order valence-electron chi connectivity index (χ1n) is 8.00. The first kappa shape index (κ1) is 15.0. The van der Waals surface area contributed by atoms with Crippen molar-refractivity contribution in [3.63, 3.8) is 0 Å². The number of rotatable bonds is 7. The molecule has 0 radical (unpaired) electrons. The van der Waals surface area contributed by atoms with Crippen LogP contribution in [0.2, 0.25) is 0 Å². The van der Waals surface area contributed by atoms with Crippen LogP contribution in [0.4, 0.5) is 0 Å². The van der Waals surface area contributed by atoms with Crippen molar-refractivity contribution in [2.24, 2.45) is 0 Å². The van der Waals surface area contributed by atoms with Crippen LogP contribution in [0.25, 0.3) is 0 Å². The minimum Gasteiger partial charge on any atom is -0.374 e. The van der Waals surface area contributed by atoms with Gasteiger partial charge in [-0.3, -0.25) is 4.90 Å². The SMILES string of the molecule is C=C(CC)CC(NCCC)C1CN2CCCC2CO1. The fourth-order valence-corrected chi connectivity index (χ4v) is 3.21. The van der Waals surface area contributed by atoms with E-state index in [9.17, 15) is 0 Å². The molecular weight excluding hydrogens is 236 g/mol. The van der Waals surface area contributed by atoms with E-state index < -0.39 is 0 Å². The molecule has 2 heterocycles. The molecule has 0 aromatic carbocycles. The maximum atomic E-state index is 6.15. The molecule has 1 N–H and O–H groups in total. The fourth-order valence-electron chi connectivity index (χ4n) is 3.21. The molecule has 0 aromatic rings. The van der Waals surface area contributed by atoms with Crippen LogP contribution in [-0.4, -0.2) is 49.3 Å². The largest absolute Gasteiger partial charge is 0.374 e. The van der Waals surface area contributed by atoms with E-state index in [-0.39, 0.29) is 0 Å². The number of nitrogens with one attached hydrogen (secondary N) is 1. The first-order valence-corrected chi connectivity index (χ1v) is 8.00. The van der Waals surface area contributed by atoms with Crippen LogP contribution in [0.15, 0.2) is 12.2 Å². The Balaban J connectivity index is 1.90. The van der Waals surface area contributed by atoms with Gasteiger partial charge < -0.3 is 10.1 Å². The summed E-state index contributed by atoms with van der Waals surface area (Å²) >= 11 is 0. The minimum absolute atomic E-state index is 0.337. The van der Waals surface area contributed by atoms with Gasteiger partial charge in [-0.15, -0.1) is 0 Å². The lowest BCUT2D eigenvalue weighted by atomic mass is 9.98. The van der Waals surface area contributed by atoms with Crippen molar-refractivity contribution >= 4 is 0 Å². The predicted molar refractivity (Wildman–Crippen MR) is 80.5 cm³/mol. The second-order valence-corrected chi connectivity index (χ2v) is 6.03. The Morgan fingerprint density at radius 1 is 1.47 bits per heavy atom. The number of ether oxygens (including phenoxy) is 1. The summed E-state index contributed by atoms with van der Waals surface area (Å²) in [5, 5.41) is 3.67. The van der Waals surface area contributed by atoms with Gasteiger partial charge in [0.1, 0.15) is 0 Å². The van der Waals surface area contributed by atoms with Gasteiger partial charge in [0.15, 0.2) is 0 Å². The third-order valence-corrected chi connectivity index (χ3v) is 4.53. The predicted octanol–water partition coefficient (Wildman–Crippen LogP) is 2.57. The molecule has 2 aliphatic rings. The Morgan fingerprint density at radius 3 is 3.05 bits per heavy atom. The molecule has 0 bridgehead atoms. The second-order valence-electron chi connectivity index (χ2n) is 6.03. The van der Waals surface area contributed by atoms with E-state index in [2.05, 4.69) is 30.6 Å². The Morgan fingerprint density at radius 2 is 2.32 bits per heavy atom. The molecule has 0 amide bonds. The number of morpholine rings is 1. The van der Waals surface area contributed by atoms with Crippen LogP contribution in [-0.2, 0) is 4.74 Å². The molecule has 2 fully saturated rings. The Labute approximate surface area is 118 Å². The topological polar surface area (TPSA) is 24.5 Å². The van der Waals surface area contributed by atoms with Gasteiger partial charge in [-0.05, 0) is 45.2 Å². The number of hydrogen-bond donors (Lipinski definition) is 1. The monoisotopic (exact) mass is 266 g/mol. The molecule has 2 aliphatic heterocycles. The average Bonchev–Trinajstić information content (AvgIpc) is 2.90. The standard InChI is InChI=1S/C16H30N2O/c1-4-8-17-15(10-13(3)5-2)16-11-18-9-6-7-14(18)12-19-16/h14-17H,3-12H2,1-2H3. The third-order valence-electron chi connectivity index (χ3n) is 4.53. The molecule has 3 atom stereocenters. The summed E-state index contributed by atoms with van der Waals surface area (Å²) < 4.78 is 6.15. The van der Waals surface area contributed by atoms with E-state index in [0.29, 0.717) is 18.2 Å². The third kappa shape index (κ3) is 4.04. The molecule has 19 heavy (non-hydrogen) atoms. The first-order chi connectivity index (χ1) is 9.24. The summed E-state index contributed by atoms with van der Waals surface area (Å²) in [6.07, 6.45) is 6.30. The summed E-state index contributed by atoms with van der Waals surface area (Å²) in [4.78, 5) is 2.63. The molecule has 110 valence electrons. The van der Waals surface area contributed by atoms with Crippen molar-refractivity contribution < 1.29 is 4.74 Å². The van der Waals surface area contributed by atoms with Gasteiger partial charge >= 0.3 is 0 Å². The molecule has 0 spiro atoms. The van der Waals surface area contributed by atoms with Gasteiger partial charge in [0.05, 0.1) is 12.7 Å².